The molecule has 1 N–H and O–H groups in total. The minimum atomic E-state index is -3.62. The second-order valence-electron chi connectivity index (χ2n) is 8.45. The Balaban J connectivity index is 1.51. The quantitative estimate of drug-likeness (QED) is 0.697. The SMILES string of the molecule is CC(=O)N1CCc2c(sc(NC(=O)c3ccc(S(=O)(=O)N(C)C4CCCC4)cc3)c2C#N)C1. The van der Waals surface area contributed by atoms with E-state index < -0.39 is 15.9 Å². The van der Waals surface area contributed by atoms with Crippen molar-refractivity contribution in [2.24, 2.45) is 0 Å². The van der Waals surface area contributed by atoms with Crippen molar-refractivity contribution in [3.05, 3.63) is 45.8 Å². The predicted molar refractivity (Wildman–Crippen MR) is 125 cm³/mol. The summed E-state index contributed by atoms with van der Waals surface area (Å²) in [7, 11) is -2.01. The van der Waals surface area contributed by atoms with Crippen LogP contribution in [0.25, 0.3) is 0 Å². The Kier molecular flexibility index (Phi) is 6.56. The maximum Gasteiger partial charge on any atom is 0.256 e. The fourth-order valence-corrected chi connectivity index (χ4v) is 7.09. The molecule has 1 aromatic heterocycles. The highest BCUT2D eigenvalue weighted by atomic mass is 32.2. The van der Waals surface area contributed by atoms with Gasteiger partial charge in [-0.25, -0.2) is 8.42 Å². The van der Waals surface area contributed by atoms with E-state index in [2.05, 4.69) is 11.4 Å². The number of fused-ring (bicyclic) bond motifs is 1. The molecule has 2 aromatic rings. The number of amides is 2. The lowest BCUT2D eigenvalue weighted by Crippen LogP contribution is -2.35. The van der Waals surface area contributed by atoms with Crippen LogP contribution in [-0.4, -0.2) is 49.1 Å². The van der Waals surface area contributed by atoms with E-state index in [1.807, 2.05) is 0 Å². The first-order valence-corrected chi connectivity index (χ1v) is 13.2. The maximum absolute atomic E-state index is 12.9. The van der Waals surface area contributed by atoms with Crippen LogP contribution >= 0.6 is 11.3 Å². The van der Waals surface area contributed by atoms with Gasteiger partial charge < -0.3 is 10.2 Å². The second kappa shape index (κ2) is 9.25. The van der Waals surface area contributed by atoms with Crippen molar-refractivity contribution in [2.45, 2.75) is 56.5 Å². The van der Waals surface area contributed by atoms with Crippen LogP contribution in [0.3, 0.4) is 0 Å². The van der Waals surface area contributed by atoms with Crippen LogP contribution in [0.1, 0.15) is 59.0 Å². The first-order valence-electron chi connectivity index (χ1n) is 10.9. The number of anilines is 1. The highest BCUT2D eigenvalue weighted by Crippen LogP contribution is 2.37. The topological polar surface area (TPSA) is 111 Å². The Hall–Kier alpha value is -2.74. The third kappa shape index (κ3) is 4.53. The number of hydrogen-bond donors (Lipinski definition) is 1. The van der Waals surface area contributed by atoms with Crippen LogP contribution in [-0.2, 0) is 27.8 Å². The number of sulfonamides is 1. The molecule has 33 heavy (non-hydrogen) atoms. The number of thiophene rings is 1. The molecule has 2 heterocycles. The normalized spacial score (nSPS) is 16.5. The van der Waals surface area contributed by atoms with Crippen LogP contribution in [0, 0.1) is 11.3 Å². The van der Waals surface area contributed by atoms with Crippen molar-refractivity contribution in [2.75, 3.05) is 18.9 Å². The van der Waals surface area contributed by atoms with Crippen molar-refractivity contribution in [1.29, 1.82) is 5.26 Å². The number of carbonyl (C=O) groups excluding carboxylic acids is 2. The van der Waals surface area contributed by atoms with E-state index in [4.69, 9.17) is 0 Å². The summed E-state index contributed by atoms with van der Waals surface area (Å²) in [6.45, 7) is 2.50. The van der Waals surface area contributed by atoms with E-state index in [0.29, 0.717) is 35.6 Å². The van der Waals surface area contributed by atoms with Gasteiger partial charge in [-0.2, -0.15) is 9.57 Å². The number of nitrogens with zero attached hydrogens (tertiary/aromatic N) is 3. The Morgan fingerprint density at radius 3 is 2.48 bits per heavy atom. The minimum Gasteiger partial charge on any atom is -0.337 e. The Bertz CT molecular complexity index is 1220. The molecule has 1 saturated carbocycles. The van der Waals surface area contributed by atoms with Gasteiger partial charge in [0.15, 0.2) is 0 Å². The molecule has 1 fully saturated rings. The van der Waals surface area contributed by atoms with Crippen LogP contribution in [0.4, 0.5) is 5.00 Å². The molecule has 0 unspecified atom stereocenters. The van der Waals surface area contributed by atoms with Crippen molar-refractivity contribution >= 4 is 38.2 Å². The lowest BCUT2D eigenvalue weighted by molar-refractivity contribution is -0.129. The lowest BCUT2D eigenvalue weighted by atomic mass is 10.0. The number of rotatable bonds is 5. The molecule has 0 saturated heterocycles. The van der Waals surface area contributed by atoms with Crippen LogP contribution in [0.15, 0.2) is 29.2 Å². The van der Waals surface area contributed by atoms with Crippen LogP contribution in [0.5, 0.6) is 0 Å². The maximum atomic E-state index is 12.9. The molecule has 8 nitrogen and oxygen atoms in total. The van der Waals surface area contributed by atoms with Crippen molar-refractivity contribution in [3.63, 3.8) is 0 Å². The highest BCUT2D eigenvalue weighted by molar-refractivity contribution is 7.89. The number of nitrogens with one attached hydrogen (secondary N) is 1. The van der Waals surface area contributed by atoms with E-state index in [1.165, 1.54) is 46.8 Å². The van der Waals surface area contributed by atoms with E-state index in [9.17, 15) is 23.3 Å². The van der Waals surface area contributed by atoms with E-state index in [0.717, 1.165) is 36.1 Å². The summed E-state index contributed by atoms with van der Waals surface area (Å²) >= 11 is 1.31. The summed E-state index contributed by atoms with van der Waals surface area (Å²) in [5.74, 6) is -0.437. The first-order chi connectivity index (χ1) is 15.7. The fourth-order valence-electron chi connectivity index (χ4n) is 4.46. The van der Waals surface area contributed by atoms with Gasteiger partial charge in [0.1, 0.15) is 11.1 Å². The lowest BCUT2D eigenvalue weighted by Gasteiger charge is -2.25. The predicted octanol–water partition coefficient (Wildman–Crippen LogP) is 3.34. The van der Waals surface area contributed by atoms with Gasteiger partial charge in [-0.15, -0.1) is 11.3 Å². The summed E-state index contributed by atoms with van der Waals surface area (Å²) in [4.78, 5) is 27.3. The number of hydrogen-bond acceptors (Lipinski definition) is 6. The third-order valence-corrected chi connectivity index (χ3v) is 9.53. The second-order valence-corrected chi connectivity index (χ2v) is 11.6. The third-order valence-electron chi connectivity index (χ3n) is 6.47. The molecule has 0 radical (unpaired) electrons. The molecule has 10 heteroatoms. The molecule has 1 aliphatic heterocycles. The van der Waals surface area contributed by atoms with Crippen molar-refractivity contribution in [3.8, 4) is 6.07 Å². The van der Waals surface area contributed by atoms with E-state index >= 15 is 0 Å². The molecule has 0 spiro atoms. The van der Waals surface area contributed by atoms with Gasteiger partial charge in [0.05, 0.1) is 17.0 Å². The molecule has 2 aliphatic rings. The average Bonchev–Trinajstić information content (AvgIpc) is 3.45. The fraction of sp³-hybridized carbons (Fsp3) is 0.435. The van der Waals surface area contributed by atoms with Crippen molar-refractivity contribution in [1.82, 2.24) is 9.21 Å². The molecule has 4 rings (SSSR count). The smallest absolute Gasteiger partial charge is 0.256 e. The summed E-state index contributed by atoms with van der Waals surface area (Å²) in [6.07, 6.45) is 4.38. The van der Waals surface area contributed by atoms with Crippen LogP contribution in [0.2, 0.25) is 0 Å². The van der Waals surface area contributed by atoms with E-state index in [-0.39, 0.29) is 16.8 Å². The van der Waals surface area contributed by atoms with Gasteiger partial charge in [-0.3, -0.25) is 9.59 Å². The number of carbonyl (C=O) groups is 2. The number of nitriles is 1. The molecular weight excluding hydrogens is 460 g/mol. The van der Waals surface area contributed by atoms with Gasteiger partial charge in [0.25, 0.3) is 5.91 Å². The monoisotopic (exact) mass is 486 g/mol. The van der Waals surface area contributed by atoms with Gasteiger partial charge >= 0.3 is 0 Å². The Morgan fingerprint density at radius 1 is 1.21 bits per heavy atom. The summed E-state index contributed by atoms with van der Waals surface area (Å²) in [5.41, 5.74) is 1.62. The zero-order valence-electron chi connectivity index (χ0n) is 18.6. The molecule has 174 valence electrons. The average molecular weight is 487 g/mol. The first kappa shape index (κ1) is 23.4. The molecule has 1 aliphatic carbocycles. The van der Waals surface area contributed by atoms with Gasteiger partial charge in [0.2, 0.25) is 15.9 Å². The van der Waals surface area contributed by atoms with Crippen molar-refractivity contribution < 1.29 is 18.0 Å². The molecule has 0 bridgehead atoms. The molecule has 1 aromatic carbocycles. The zero-order valence-corrected chi connectivity index (χ0v) is 20.3. The summed E-state index contributed by atoms with van der Waals surface area (Å²) < 4.78 is 27.3. The number of benzene rings is 1. The Labute approximate surface area is 197 Å². The molecular formula is C23H26N4O4S2. The molecule has 0 atom stereocenters. The summed E-state index contributed by atoms with van der Waals surface area (Å²) in [5, 5.41) is 12.9. The Morgan fingerprint density at radius 2 is 1.88 bits per heavy atom. The minimum absolute atomic E-state index is 0.0196. The standard InChI is InChI=1S/C23H26N4O4S2/c1-15(28)27-12-11-19-20(13-24)23(32-21(19)14-27)25-22(29)16-7-9-18(10-8-16)33(30,31)26(2)17-5-3-4-6-17/h7-10,17H,3-6,11-12,14H2,1-2H3,(H,25,29). The summed E-state index contributed by atoms with van der Waals surface area (Å²) in [6, 6.07) is 8.07. The van der Waals surface area contributed by atoms with Gasteiger partial charge in [0, 0.05) is 37.0 Å². The zero-order chi connectivity index (χ0) is 23.8. The van der Waals surface area contributed by atoms with E-state index in [1.54, 1.807) is 11.9 Å². The highest BCUT2D eigenvalue weighted by Gasteiger charge is 2.30. The van der Waals surface area contributed by atoms with Gasteiger partial charge in [-0.1, -0.05) is 12.8 Å². The largest absolute Gasteiger partial charge is 0.337 e. The van der Waals surface area contributed by atoms with Gasteiger partial charge in [-0.05, 0) is 49.1 Å². The molecule has 2 amide bonds. The van der Waals surface area contributed by atoms with Crippen LogP contribution < -0.4 is 5.32 Å².